The predicted molar refractivity (Wildman–Crippen MR) is 92.0 cm³/mol. The van der Waals surface area contributed by atoms with Crippen molar-refractivity contribution in [1.82, 2.24) is 0 Å². The number of aryl methyl sites for hydroxylation is 1. The average molecular weight is 316 g/mol. The first-order valence-corrected chi connectivity index (χ1v) is 8.14. The molecule has 1 heterocycles. The van der Waals surface area contributed by atoms with Gasteiger partial charge in [0, 0.05) is 30.4 Å². The zero-order chi connectivity index (χ0) is 16.7. The SMILES string of the molecule is C=C(CC)OCCCOc1ccc2c(CCC)cc(=O)oc2c1. The molecule has 0 unspecified atom stereocenters. The van der Waals surface area contributed by atoms with Gasteiger partial charge in [-0.25, -0.2) is 4.79 Å². The zero-order valence-electron chi connectivity index (χ0n) is 13.9. The minimum Gasteiger partial charge on any atom is -0.498 e. The van der Waals surface area contributed by atoms with Crippen LogP contribution < -0.4 is 10.4 Å². The van der Waals surface area contributed by atoms with Crippen LogP contribution in [0.25, 0.3) is 11.0 Å². The third kappa shape index (κ3) is 4.88. The molecule has 0 saturated carbocycles. The molecule has 1 aromatic heterocycles. The maximum atomic E-state index is 11.6. The number of hydrogen-bond acceptors (Lipinski definition) is 4. The molecule has 0 aliphatic heterocycles. The van der Waals surface area contributed by atoms with E-state index in [4.69, 9.17) is 13.9 Å². The Labute approximate surface area is 136 Å². The first-order chi connectivity index (χ1) is 11.1. The van der Waals surface area contributed by atoms with E-state index >= 15 is 0 Å². The normalized spacial score (nSPS) is 10.7. The lowest BCUT2D eigenvalue weighted by Gasteiger charge is -2.10. The predicted octanol–water partition coefficient (Wildman–Crippen LogP) is 4.45. The highest BCUT2D eigenvalue weighted by Gasteiger charge is 2.06. The van der Waals surface area contributed by atoms with Crippen molar-refractivity contribution >= 4 is 11.0 Å². The quantitative estimate of drug-likeness (QED) is 0.389. The maximum absolute atomic E-state index is 11.6. The fourth-order valence-electron chi connectivity index (χ4n) is 2.34. The maximum Gasteiger partial charge on any atom is 0.336 e. The third-order valence-electron chi connectivity index (χ3n) is 3.58. The lowest BCUT2D eigenvalue weighted by atomic mass is 10.1. The van der Waals surface area contributed by atoms with Gasteiger partial charge in [0.2, 0.25) is 0 Å². The van der Waals surface area contributed by atoms with Gasteiger partial charge in [-0.3, -0.25) is 0 Å². The summed E-state index contributed by atoms with van der Waals surface area (Å²) in [5, 5.41) is 0.973. The summed E-state index contributed by atoms with van der Waals surface area (Å²) in [6.45, 7) is 9.02. The number of allylic oxidation sites excluding steroid dienone is 1. The standard InChI is InChI=1S/C19H24O4/c1-4-7-15-12-19(20)23-18-13-16(8-9-17(15)18)22-11-6-10-21-14(3)5-2/h8-9,12-13H,3-7,10-11H2,1-2H3. The topological polar surface area (TPSA) is 48.7 Å². The lowest BCUT2D eigenvalue weighted by molar-refractivity contribution is 0.178. The van der Waals surface area contributed by atoms with E-state index in [1.54, 1.807) is 12.1 Å². The summed E-state index contributed by atoms with van der Waals surface area (Å²) in [5.41, 5.74) is 1.29. The Hall–Kier alpha value is -2.23. The molecule has 0 spiro atoms. The highest BCUT2D eigenvalue weighted by atomic mass is 16.5. The van der Waals surface area contributed by atoms with Crippen LogP contribution in [0.2, 0.25) is 0 Å². The molecule has 0 saturated heterocycles. The summed E-state index contributed by atoms with van der Waals surface area (Å²) in [4.78, 5) is 11.6. The Balaban J connectivity index is 2.00. The van der Waals surface area contributed by atoms with Gasteiger partial charge in [0.15, 0.2) is 0 Å². The van der Waals surface area contributed by atoms with E-state index in [1.807, 2.05) is 19.1 Å². The van der Waals surface area contributed by atoms with Gasteiger partial charge in [-0.05, 0) is 24.1 Å². The summed E-state index contributed by atoms with van der Waals surface area (Å²) in [7, 11) is 0. The van der Waals surface area contributed by atoms with Gasteiger partial charge in [-0.1, -0.05) is 26.8 Å². The van der Waals surface area contributed by atoms with Crippen molar-refractivity contribution in [3.8, 4) is 5.75 Å². The van der Waals surface area contributed by atoms with E-state index in [0.717, 1.165) is 42.4 Å². The molecule has 0 amide bonds. The van der Waals surface area contributed by atoms with E-state index in [0.29, 0.717) is 24.5 Å². The van der Waals surface area contributed by atoms with Gasteiger partial charge < -0.3 is 13.9 Å². The van der Waals surface area contributed by atoms with E-state index < -0.39 is 0 Å². The molecule has 0 radical (unpaired) electrons. The lowest BCUT2D eigenvalue weighted by Crippen LogP contribution is -2.03. The number of rotatable bonds is 9. The van der Waals surface area contributed by atoms with Crippen molar-refractivity contribution < 1.29 is 13.9 Å². The molecule has 0 atom stereocenters. The van der Waals surface area contributed by atoms with E-state index in [-0.39, 0.29) is 5.63 Å². The molecule has 0 aliphatic rings. The number of ether oxygens (including phenoxy) is 2. The molecule has 4 nitrogen and oxygen atoms in total. The Morgan fingerprint density at radius 1 is 1.22 bits per heavy atom. The van der Waals surface area contributed by atoms with Gasteiger partial charge in [-0.2, -0.15) is 0 Å². The van der Waals surface area contributed by atoms with E-state index in [1.165, 1.54) is 0 Å². The van der Waals surface area contributed by atoms with Crippen molar-refractivity contribution in [3.63, 3.8) is 0 Å². The van der Waals surface area contributed by atoms with Gasteiger partial charge in [0.25, 0.3) is 0 Å². The summed E-state index contributed by atoms with van der Waals surface area (Å²) >= 11 is 0. The molecule has 0 aliphatic carbocycles. The number of benzene rings is 1. The Morgan fingerprint density at radius 3 is 2.78 bits per heavy atom. The second kappa shape index (κ2) is 8.42. The Bertz CT molecular complexity index is 715. The minimum absolute atomic E-state index is 0.315. The van der Waals surface area contributed by atoms with Gasteiger partial charge in [-0.15, -0.1) is 0 Å². The molecule has 2 rings (SSSR count). The van der Waals surface area contributed by atoms with Gasteiger partial charge in [0.05, 0.1) is 19.0 Å². The minimum atomic E-state index is -0.315. The molecule has 4 heteroatoms. The fourth-order valence-corrected chi connectivity index (χ4v) is 2.34. The largest absolute Gasteiger partial charge is 0.498 e. The first-order valence-electron chi connectivity index (χ1n) is 8.14. The number of fused-ring (bicyclic) bond motifs is 1. The van der Waals surface area contributed by atoms with Crippen molar-refractivity contribution in [2.45, 2.75) is 39.5 Å². The summed E-state index contributed by atoms with van der Waals surface area (Å²) in [6.07, 6.45) is 3.45. The monoisotopic (exact) mass is 316 g/mol. The van der Waals surface area contributed by atoms with Crippen LogP contribution >= 0.6 is 0 Å². The zero-order valence-corrected chi connectivity index (χ0v) is 13.9. The molecular weight excluding hydrogens is 292 g/mol. The van der Waals surface area contributed by atoms with E-state index in [2.05, 4.69) is 13.5 Å². The molecule has 0 bridgehead atoms. The molecule has 0 fully saturated rings. The molecular formula is C19H24O4. The van der Waals surface area contributed by atoms with Crippen molar-refractivity contribution in [2.24, 2.45) is 0 Å². The summed E-state index contributed by atoms with van der Waals surface area (Å²) in [6, 6.07) is 7.22. The highest BCUT2D eigenvalue weighted by molar-refractivity contribution is 5.81. The van der Waals surface area contributed by atoms with Gasteiger partial charge >= 0.3 is 5.63 Å². The first kappa shape index (κ1) is 17.1. The van der Waals surface area contributed by atoms with Crippen molar-refractivity contribution in [3.05, 3.63) is 52.6 Å². The molecule has 1 aromatic carbocycles. The Morgan fingerprint density at radius 2 is 2.04 bits per heavy atom. The second-order valence-corrected chi connectivity index (χ2v) is 5.44. The van der Waals surface area contributed by atoms with Crippen LogP contribution in [0.1, 0.15) is 38.7 Å². The van der Waals surface area contributed by atoms with Gasteiger partial charge in [0.1, 0.15) is 11.3 Å². The third-order valence-corrected chi connectivity index (χ3v) is 3.58. The number of hydrogen-bond donors (Lipinski definition) is 0. The smallest absolute Gasteiger partial charge is 0.336 e. The van der Waals surface area contributed by atoms with Crippen LogP contribution in [0.4, 0.5) is 0 Å². The fraction of sp³-hybridized carbons (Fsp3) is 0.421. The summed E-state index contributed by atoms with van der Waals surface area (Å²) < 4.78 is 16.4. The van der Waals surface area contributed by atoms with E-state index in [9.17, 15) is 4.79 Å². The highest BCUT2D eigenvalue weighted by Crippen LogP contribution is 2.23. The second-order valence-electron chi connectivity index (χ2n) is 5.44. The van der Waals surface area contributed by atoms with Crippen LogP contribution in [0, 0.1) is 0 Å². The molecule has 23 heavy (non-hydrogen) atoms. The van der Waals surface area contributed by atoms with Crippen LogP contribution in [0.15, 0.2) is 45.8 Å². The summed E-state index contributed by atoms with van der Waals surface area (Å²) in [5.74, 6) is 1.49. The van der Waals surface area contributed by atoms with Crippen LogP contribution in [0.5, 0.6) is 5.75 Å². The van der Waals surface area contributed by atoms with Crippen molar-refractivity contribution in [2.75, 3.05) is 13.2 Å². The Kier molecular flexibility index (Phi) is 6.27. The molecule has 124 valence electrons. The molecule has 0 N–H and O–H groups in total. The van der Waals surface area contributed by atoms with Crippen LogP contribution in [0.3, 0.4) is 0 Å². The molecule has 2 aromatic rings. The van der Waals surface area contributed by atoms with Crippen LogP contribution in [-0.4, -0.2) is 13.2 Å². The average Bonchev–Trinajstić information content (AvgIpc) is 2.54. The van der Waals surface area contributed by atoms with Crippen molar-refractivity contribution in [1.29, 1.82) is 0 Å². The van der Waals surface area contributed by atoms with Crippen LogP contribution in [-0.2, 0) is 11.2 Å².